The lowest BCUT2D eigenvalue weighted by molar-refractivity contribution is -0.139. The van der Waals surface area contributed by atoms with E-state index in [1.165, 1.54) is 24.1 Å². The minimum atomic E-state index is -0.632. The molecule has 1 aromatic rings. The van der Waals surface area contributed by atoms with E-state index in [0.29, 0.717) is 6.54 Å². The van der Waals surface area contributed by atoms with Crippen molar-refractivity contribution in [2.24, 2.45) is 5.73 Å². The van der Waals surface area contributed by atoms with Crippen molar-refractivity contribution in [2.75, 3.05) is 20.1 Å². The summed E-state index contributed by atoms with van der Waals surface area (Å²) < 4.78 is 12.9. The molecule has 0 aliphatic carbocycles. The van der Waals surface area contributed by atoms with Crippen LogP contribution in [0.4, 0.5) is 9.18 Å². The third kappa shape index (κ3) is 2.83. The Morgan fingerprint density at radius 3 is 2.53 bits per heavy atom. The number of urea groups is 1. The normalized spacial score (nSPS) is 17.8. The Morgan fingerprint density at radius 2 is 2.05 bits per heavy atom. The van der Waals surface area contributed by atoms with Crippen LogP contribution in [-0.4, -0.2) is 41.9 Å². The molecule has 0 unspecified atom stereocenters. The van der Waals surface area contributed by atoms with Gasteiger partial charge in [-0.25, -0.2) is 9.18 Å². The molecule has 0 bridgehead atoms. The zero-order valence-electron chi connectivity index (χ0n) is 10.7. The summed E-state index contributed by atoms with van der Waals surface area (Å²) >= 11 is 0. The van der Waals surface area contributed by atoms with Gasteiger partial charge in [-0.05, 0) is 24.1 Å². The summed E-state index contributed by atoms with van der Waals surface area (Å²) in [7, 11) is 1.48. The van der Waals surface area contributed by atoms with E-state index in [9.17, 15) is 14.0 Å². The van der Waals surface area contributed by atoms with Crippen molar-refractivity contribution in [3.63, 3.8) is 0 Å². The first-order valence-electron chi connectivity index (χ1n) is 6.04. The molecule has 19 heavy (non-hydrogen) atoms. The first-order chi connectivity index (χ1) is 8.99. The lowest BCUT2D eigenvalue weighted by Crippen LogP contribution is -2.50. The third-order valence-corrected chi connectivity index (χ3v) is 3.34. The van der Waals surface area contributed by atoms with E-state index in [-0.39, 0.29) is 24.3 Å². The van der Waals surface area contributed by atoms with Gasteiger partial charge in [0, 0.05) is 13.6 Å². The van der Waals surface area contributed by atoms with Crippen molar-refractivity contribution >= 4 is 11.9 Å². The fourth-order valence-electron chi connectivity index (χ4n) is 2.09. The molecular formula is C13H16FN3O2. The molecule has 2 rings (SSSR count). The maximum atomic E-state index is 12.9. The summed E-state index contributed by atoms with van der Waals surface area (Å²) in [6, 6.07) is 5.45. The molecule has 0 aromatic heterocycles. The van der Waals surface area contributed by atoms with Crippen LogP contribution >= 0.6 is 0 Å². The van der Waals surface area contributed by atoms with Crippen LogP contribution in [0.25, 0.3) is 0 Å². The SMILES string of the molecule is CN(CC(=O)N1CC[C@H]1c1ccc(F)cc1)C(N)=O. The third-order valence-electron chi connectivity index (χ3n) is 3.34. The average molecular weight is 265 g/mol. The number of nitrogens with two attached hydrogens (primary N) is 1. The van der Waals surface area contributed by atoms with Crippen LogP contribution in [0, 0.1) is 5.82 Å². The fraction of sp³-hybridized carbons (Fsp3) is 0.385. The monoisotopic (exact) mass is 265 g/mol. The van der Waals surface area contributed by atoms with Gasteiger partial charge in [-0.3, -0.25) is 4.79 Å². The number of hydrogen-bond donors (Lipinski definition) is 1. The first-order valence-corrected chi connectivity index (χ1v) is 6.04. The smallest absolute Gasteiger partial charge is 0.314 e. The molecule has 6 heteroatoms. The molecule has 1 saturated heterocycles. The van der Waals surface area contributed by atoms with Gasteiger partial charge in [0.15, 0.2) is 0 Å². The molecule has 1 heterocycles. The number of hydrogen-bond acceptors (Lipinski definition) is 2. The van der Waals surface area contributed by atoms with Crippen molar-refractivity contribution in [1.29, 1.82) is 0 Å². The van der Waals surface area contributed by atoms with Gasteiger partial charge in [-0.1, -0.05) is 12.1 Å². The molecule has 0 radical (unpaired) electrons. The second kappa shape index (κ2) is 5.26. The Hall–Kier alpha value is -2.11. The quantitative estimate of drug-likeness (QED) is 0.889. The molecule has 0 saturated carbocycles. The Bertz CT molecular complexity index is 489. The second-order valence-corrected chi connectivity index (χ2v) is 4.64. The molecule has 1 fully saturated rings. The topological polar surface area (TPSA) is 66.6 Å². The Morgan fingerprint density at radius 1 is 1.42 bits per heavy atom. The predicted octanol–water partition coefficient (Wildman–Crippen LogP) is 1.11. The lowest BCUT2D eigenvalue weighted by atomic mass is 9.94. The standard InChI is InChI=1S/C13H16FN3O2/c1-16(13(15)19)8-12(18)17-7-6-11(17)9-2-4-10(14)5-3-9/h2-5,11H,6-8H2,1H3,(H2,15,19)/t11-/m0/s1. The highest BCUT2D eigenvalue weighted by Crippen LogP contribution is 2.33. The Kier molecular flexibility index (Phi) is 3.69. The van der Waals surface area contributed by atoms with E-state index in [4.69, 9.17) is 5.73 Å². The van der Waals surface area contributed by atoms with E-state index in [1.807, 2.05) is 0 Å². The van der Waals surface area contributed by atoms with Gasteiger partial charge in [-0.2, -0.15) is 0 Å². The van der Waals surface area contributed by atoms with Crippen LogP contribution in [-0.2, 0) is 4.79 Å². The average Bonchev–Trinajstić information content (AvgIpc) is 2.30. The van der Waals surface area contributed by atoms with Crippen LogP contribution in [0.15, 0.2) is 24.3 Å². The van der Waals surface area contributed by atoms with Gasteiger partial charge in [0.25, 0.3) is 0 Å². The fourth-order valence-corrected chi connectivity index (χ4v) is 2.09. The summed E-state index contributed by atoms with van der Waals surface area (Å²) in [5.41, 5.74) is 5.99. The number of carbonyl (C=O) groups excluding carboxylic acids is 2. The zero-order valence-corrected chi connectivity index (χ0v) is 10.7. The summed E-state index contributed by atoms with van der Waals surface area (Å²) in [4.78, 5) is 25.7. The lowest BCUT2D eigenvalue weighted by Gasteiger charge is -2.42. The number of amides is 3. The van der Waals surface area contributed by atoms with Crippen molar-refractivity contribution < 1.29 is 14.0 Å². The number of likely N-dealkylation sites (tertiary alicyclic amines) is 1. The number of carbonyl (C=O) groups is 2. The van der Waals surface area contributed by atoms with Gasteiger partial charge in [0.1, 0.15) is 12.4 Å². The number of benzene rings is 1. The van der Waals surface area contributed by atoms with Crippen LogP contribution in [0.5, 0.6) is 0 Å². The number of rotatable bonds is 3. The maximum Gasteiger partial charge on any atom is 0.314 e. The van der Waals surface area contributed by atoms with E-state index in [1.54, 1.807) is 17.0 Å². The van der Waals surface area contributed by atoms with Crippen molar-refractivity contribution in [2.45, 2.75) is 12.5 Å². The highest BCUT2D eigenvalue weighted by molar-refractivity contribution is 5.84. The highest BCUT2D eigenvalue weighted by atomic mass is 19.1. The number of halogens is 1. The van der Waals surface area contributed by atoms with Crippen LogP contribution < -0.4 is 5.73 Å². The number of likely N-dealkylation sites (N-methyl/N-ethyl adjacent to an activating group) is 1. The highest BCUT2D eigenvalue weighted by Gasteiger charge is 2.33. The Labute approximate surface area is 110 Å². The van der Waals surface area contributed by atoms with E-state index >= 15 is 0 Å². The van der Waals surface area contributed by atoms with Crippen LogP contribution in [0.1, 0.15) is 18.0 Å². The largest absolute Gasteiger partial charge is 0.351 e. The van der Waals surface area contributed by atoms with Gasteiger partial charge in [0.2, 0.25) is 5.91 Å². The van der Waals surface area contributed by atoms with Crippen LogP contribution in [0.3, 0.4) is 0 Å². The molecule has 5 nitrogen and oxygen atoms in total. The van der Waals surface area contributed by atoms with Crippen LogP contribution in [0.2, 0.25) is 0 Å². The van der Waals surface area contributed by atoms with E-state index in [0.717, 1.165) is 12.0 Å². The zero-order chi connectivity index (χ0) is 14.0. The second-order valence-electron chi connectivity index (χ2n) is 4.64. The molecule has 1 aliphatic rings. The van der Waals surface area contributed by atoms with Gasteiger partial charge < -0.3 is 15.5 Å². The van der Waals surface area contributed by atoms with Gasteiger partial charge in [0.05, 0.1) is 6.04 Å². The van der Waals surface area contributed by atoms with Gasteiger partial charge >= 0.3 is 6.03 Å². The first kappa shape index (κ1) is 13.3. The Balaban J connectivity index is 2.00. The molecule has 2 N–H and O–H groups in total. The summed E-state index contributed by atoms with van der Waals surface area (Å²) in [5, 5.41) is 0. The molecule has 3 amide bonds. The van der Waals surface area contributed by atoms with Gasteiger partial charge in [-0.15, -0.1) is 0 Å². The molecule has 102 valence electrons. The van der Waals surface area contributed by atoms with Crippen molar-refractivity contribution in [3.8, 4) is 0 Å². The van der Waals surface area contributed by atoms with Crippen molar-refractivity contribution in [3.05, 3.63) is 35.6 Å². The minimum Gasteiger partial charge on any atom is -0.351 e. The van der Waals surface area contributed by atoms with Crippen molar-refractivity contribution in [1.82, 2.24) is 9.80 Å². The number of primary amides is 1. The molecule has 1 atom stereocenters. The van der Waals surface area contributed by atoms with E-state index in [2.05, 4.69) is 0 Å². The number of nitrogens with zero attached hydrogens (tertiary/aromatic N) is 2. The molecule has 1 aromatic carbocycles. The molecule has 0 spiro atoms. The minimum absolute atomic E-state index is 0.0330. The maximum absolute atomic E-state index is 12.9. The predicted molar refractivity (Wildman–Crippen MR) is 67.7 cm³/mol. The molecular weight excluding hydrogens is 249 g/mol. The molecule has 1 aliphatic heterocycles. The summed E-state index contributed by atoms with van der Waals surface area (Å²) in [6.45, 7) is 0.612. The summed E-state index contributed by atoms with van der Waals surface area (Å²) in [6.07, 6.45) is 0.845. The summed E-state index contributed by atoms with van der Waals surface area (Å²) in [5.74, 6) is -0.448. The van der Waals surface area contributed by atoms with E-state index < -0.39 is 6.03 Å².